The van der Waals surface area contributed by atoms with Crippen LogP contribution in [0.2, 0.25) is 5.02 Å². The van der Waals surface area contributed by atoms with Crippen molar-refractivity contribution in [3.05, 3.63) is 59.1 Å². The minimum atomic E-state index is -0.284. The lowest BCUT2D eigenvalue weighted by molar-refractivity contribution is -0.118. The van der Waals surface area contributed by atoms with Gasteiger partial charge in [-0.05, 0) is 42.0 Å². The average molecular weight is 329 g/mol. The molecular weight excluding hydrogens is 316 g/mol. The summed E-state index contributed by atoms with van der Waals surface area (Å²) >= 11 is 5.89. The number of amides is 2. The van der Waals surface area contributed by atoms with Gasteiger partial charge in [-0.3, -0.25) is 9.59 Å². The van der Waals surface area contributed by atoms with E-state index in [1.807, 2.05) is 12.1 Å². The van der Waals surface area contributed by atoms with Crippen molar-refractivity contribution in [2.24, 2.45) is 0 Å². The number of nitrogens with one attached hydrogen (secondary N) is 2. The molecule has 3 rings (SSSR count). The van der Waals surface area contributed by atoms with Gasteiger partial charge in [-0.15, -0.1) is 0 Å². The monoisotopic (exact) mass is 328 g/mol. The molecule has 0 saturated heterocycles. The van der Waals surface area contributed by atoms with Gasteiger partial charge in [0.05, 0.1) is 5.69 Å². The standard InChI is InChI=1S/C17H13ClN2O3/c18-12-3-1-2-11(8-12)4-7-16(21)19-13-5-6-15-14(9-13)20-17(22)10-23-15/h1-9H,10H2,(H,19,21)(H,20,22)/b7-4+. The molecule has 1 aliphatic rings. The van der Waals surface area contributed by atoms with Crippen LogP contribution in [0.3, 0.4) is 0 Å². The molecule has 0 aliphatic carbocycles. The van der Waals surface area contributed by atoms with Crippen LogP contribution in [0.4, 0.5) is 11.4 Å². The van der Waals surface area contributed by atoms with Crippen LogP contribution in [-0.4, -0.2) is 18.4 Å². The number of anilines is 2. The van der Waals surface area contributed by atoms with Gasteiger partial charge in [-0.1, -0.05) is 23.7 Å². The Hall–Kier alpha value is -2.79. The van der Waals surface area contributed by atoms with Crippen LogP contribution in [0.5, 0.6) is 5.75 Å². The summed E-state index contributed by atoms with van der Waals surface area (Å²) in [5.74, 6) is 0.0758. The van der Waals surface area contributed by atoms with Crippen LogP contribution < -0.4 is 15.4 Å². The van der Waals surface area contributed by atoms with Crippen molar-refractivity contribution in [2.45, 2.75) is 0 Å². The number of carbonyl (C=O) groups is 2. The summed E-state index contributed by atoms with van der Waals surface area (Å²) in [5.41, 5.74) is 1.94. The maximum absolute atomic E-state index is 12.0. The highest BCUT2D eigenvalue weighted by Gasteiger charge is 2.16. The molecule has 1 aliphatic heterocycles. The van der Waals surface area contributed by atoms with Crippen LogP contribution in [0.25, 0.3) is 6.08 Å². The lowest BCUT2D eigenvalue weighted by Crippen LogP contribution is -2.25. The van der Waals surface area contributed by atoms with E-state index in [9.17, 15) is 9.59 Å². The summed E-state index contributed by atoms with van der Waals surface area (Å²) in [6.07, 6.45) is 3.09. The summed E-state index contributed by atoms with van der Waals surface area (Å²) in [7, 11) is 0. The van der Waals surface area contributed by atoms with Gasteiger partial charge in [-0.25, -0.2) is 0 Å². The summed E-state index contributed by atoms with van der Waals surface area (Å²) in [6.45, 7) is 0.00107. The Balaban J connectivity index is 1.68. The number of hydrogen-bond donors (Lipinski definition) is 2. The number of benzene rings is 2. The Kier molecular flexibility index (Phi) is 4.30. The van der Waals surface area contributed by atoms with E-state index in [2.05, 4.69) is 10.6 Å². The van der Waals surface area contributed by atoms with Gasteiger partial charge in [0.2, 0.25) is 5.91 Å². The normalized spacial score (nSPS) is 13.2. The number of hydrogen-bond acceptors (Lipinski definition) is 3. The number of halogens is 1. The first kappa shape index (κ1) is 15.1. The molecule has 116 valence electrons. The second-order valence-electron chi connectivity index (χ2n) is 4.93. The molecule has 6 heteroatoms. The van der Waals surface area contributed by atoms with Gasteiger partial charge in [0, 0.05) is 16.8 Å². The zero-order chi connectivity index (χ0) is 16.2. The van der Waals surface area contributed by atoms with Crippen molar-refractivity contribution in [1.29, 1.82) is 0 Å². The fourth-order valence-electron chi connectivity index (χ4n) is 2.13. The third kappa shape index (κ3) is 3.90. The van der Waals surface area contributed by atoms with Crippen LogP contribution in [0.15, 0.2) is 48.5 Å². The maximum Gasteiger partial charge on any atom is 0.262 e. The molecule has 5 nitrogen and oxygen atoms in total. The first-order valence-corrected chi connectivity index (χ1v) is 7.29. The van der Waals surface area contributed by atoms with Crippen molar-refractivity contribution in [3.8, 4) is 5.75 Å². The Morgan fingerprint density at radius 1 is 1.26 bits per heavy atom. The lowest BCUT2D eigenvalue weighted by atomic mass is 10.2. The molecule has 0 atom stereocenters. The smallest absolute Gasteiger partial charge is 0.262 e. The fraction of sp³-hybridized carbons (Fsp3) is 0.0588. The largest absolute Gasteiger partial charge is 0.482 e. The second kappa shape index (κ2) is 6.54. The van der Waals surface area contributed by atoms with Crippen molar-refractivity contribution in [2.75, 3.05) is 17.2 Å². The van der Waals surface area contributed by atoms with Gasteiger partial charge < -0.3 is 15.4 Å². The molecule has 2 N–H and O–H groups in total. The van der Waals surface area contributed by atoms with Gasteiger partial charge in [0.15, 0.2) is 6.61 Å². The molecule has 23 heavy (non-hydrogen) atoms. The van der Waals surface area contributed by atoms with E-state index in [4.69, 9.17) is 16.3 Å². The molecule has 1 heterocycles. The average Bonchev–Trinajstić information content (AvgIpc) is 2.53. The zero-order valence-corrected chi connectivity index (χ0v) is 12.8. The van der Waals surface area contributed by atoms with Gasteiger partial charge >= 0.3 is 0 Å². The third-order valence-corrected chi connectivity index (χ3v) is 3.39. The fourth-order valence-corrected chi connectivity index (χ4v) is 2.33. The second-order valence-corrected chi connectivity index (χ2v) is 5.36. The molecule has 0 aromatic heterocycles. The number of rotatable bonds is 3. The molecule has 0 bridgehead atoms. The molecule has 0 unspecified atom stereocenters. The van der Waals surface area contributed by atoms with Crippen molar-refractivity contribution < 1.29 is 14.3 Å². The summed E-state index contributed by atoms with van der Waals surface area (Å²) in [6, 6.07) is 12.2. The SMILES string of the molecule is O=C(/C=C/c1cccc(Cl)c1)Nc1ccc2c(c1)NC(=O)CO2. The van der Waals surface area contributed by atoms with E-state index in [0.717, 1.165) is 5.56 Å². The summed E-state index contributed by atoms with van der Waals surface area (Å²) in [4.78, 5) is 23.3. The number of carbonyl (C=O) groups excluding carboxylic acids is 2. The minimum Gasteiger partial charge on any atom is -0.482 e. The van der Waals surface area contributed by atoms with Crippen molar-refractivity contribution in [3.63, 3.8) is 0 Å². The van der Waals surface area contributed by atoms with Crippen LogP contribution >= 0.6 is 11.6 Å². The molecular formula is C17H13ClN2O3. The molecule has 0 radical (unpaired) electrons. The number of ether oxygens (including phenoxy) is 1. The molecule has 0 saturated carbocycles. The van der Waals surface area contributed by atoms with E-state index in [1.54, 1.807) is 36.4 Å². The minimum absolute atomic E-state index is 0.00107. The Labute approximate surface area is 137 Å². The van der Waals surface area contributed by atoms with Crippen molar-refractivity contribution in [1.82, 2.24) is 0 Å². The van der Waals surface area contributed by atoms with Gasteiger partial charge in [0.1, 0.15) is 5.75 Å². The van der Waals surface area contributed by atoms with E-state index in [1.165, 1.54) is 6.08 Å². The predicted molar refractivity (Wildman–Crippen MR) is 89.7 cm³/mol. The first-order chi connectivity index (χ1) is 11.1. The van der Waals surface area contributed by atoms with Crippen molar-refractivity contribution >= 4 is 40.9 Å². The first-order valence-electron chi connectivity index (χ1n) is 6.91. The lowest BCUT2D eigenvalue weighted by Gasteiger charge is -2.18. The molecule has 0 fully saturated rings. The Morgan fingerprint density at radius 2 is 2.13 bits per heavy atom. The maximum atomic E-state index is 12.0. The topological polar surface area (TPSA) is 67.4 Å². The quantitative estimate of drug-likeness (QED) is 0.849. The highest BCUT2D eigenvalue weighted by atomic mass is 35.5. The van der Waals surface area contributed by atoms with Gasteiger partial charge in [-0.2, -0.15) is 0 Å². The highest BCUT2D eigenvalue weighted by molar-refractivity contribution is 6.30. The van der Waals surface area contributed by atoms with Crippen LogP contribution in [0.1, 0.15) is 5.56 Å². The van der Waals surface area contributed by atoms with E-state index in [0.29, 0.717) is 22.1 Å². The highest BCUT2D eigenvalue weighted by Crippen LogP contribution is 2.30. The summed E-state index contributed by atoms with van der Waals surface area (Å²) < 4.78 is 5.26. The summed E-state index contributed by atoms with van der Waals surface area (Å²) in [5, 5.41) is 6.03. The van der Waals surface area contributed by atoms with Crippen LogP contribution in [0, 0.1) is 0 Å². The van der Waals surface area contributed by atoms with E-state index < -0.39 is 0 Å². The van der Waals surface area contributed by atoms with E-state index >= 15 is 0 Å². The molecule has 2 aromatic carbocycles. The third-order valence-electron chi connectivity index (χ3n) is 3.16. The zero-order valence-electron chi connectivity index (χ0n) is 12.0. The number of fused-ring (bicyclic) bond motifs is 1. The molecule has 2 aromatic rings. The van der Waals surface area contributed by atoms with E-state index in [-0.39, 0.29) is 18.4 Å². The van der Waals surface area contributed by atoms with Gasteiger partial charge in [0.25, 0.3) is 5.91 Å². The Bertz CT molecular complexity index is 802. The molecule has 2 amide bonds. The van der Waals surface area contributed by atoms with Crippen LogP contribution in [-0.2, 0) is 9.59 Å². The Morgan fingerprint density at radius 3 is 2.96 bits per heavy atom. The predicted octanol–water partition coefficient (Wildman–Crippen LogP) is 3.32. The molecule has 0 spiro atoms.